The predicted octanol–water partition coefficient (Wildman–Crippen LogP) is 5.87. The highest BCUT2D eigenvalue weighted by Gasteiger charge is 2.23. The second kappa shape index (κ2) is 12.3. The number of carbonyl (C=O) groups is 2. The summed E-state index contributed by atoms with van der Waals surface area (Å²) in [7, 11) is 1.83. The van der Waals surface area contributed by atoms with Crippen molar-refractivity contribution in [2.75, 3.05) is 43.0 Å². The Morgan fingerprint density at radius 2 is 1.47 bits per heavy atom. The lowest BCUT2D eigenvalue weighted by atomic mass is 10.1. The Bertz CT molecular complexity index is 1160. The van der Waals surface area contributed by atoms with E-state index in [-0.39, 0.29) is 18.2 Å². The molecule has 1 heterocycles. The molecule has 7 heteroatoms. The Morgan fingerprint density at radius 3 is 2.11 bits per heavy atom. The van der Waals surface area contributed by atoms with Crippen LogP contribution in [0.2, 0.25) is 10.0 Å². The molecule has 0 atom stereocenters. The highest BCUT2D eigenvalue weighted by atomic mass is 35.5. The lowest BCUT2D eigenvalue weighted by molar-refractivity contribution is -0.130. The average Bonchev–Trinajstić information content (AvgIpc) is 2.91. The molecule has 0 aromatic heterocycles. The van der Waals surface area contributed by atoms with Crippen molar-refractivity contribution < 1.29 is 9.59 Å². The van der Waals surface area contributed by atoms with Crippen molar-refractivity contribution in [3.8, 4) is 0 Å². The molecular weight excluding hydrogens is 493 g/mol. The van der Waals surface area contributed by atoms with Crippen LogP contribution in [-0.4, -0.2) is 49.9 Å². The molecule has 0 saturated carbocycles. The van der Waals surface area contributed by atoms with Crippen LogP contribution in [-0.2, 0) is 22.4 Å². The molecule has 0 spiro atoms. The van der Waals surface area contributed by atoms with Crippen LogP contribution in [0.5, 0.6) is 0 Å². The van der Waals surface area contributed by atoms with Crippen molar-refractivity contribution in [2.45, 2.75) is 25.7 Å². The highest BCUT2D eigenvalue weighted by molar-refractivity contribution is 6.36. The van der Waals surface area contributed by atoms with Crippen molar-refractivity contribution in [1.29, 1.82) is 0 Å². The molecule has 3 aromatic rings. The van der Waals surface area contributed by atoms with E-state index >= 15 is 0 Å². The molecule has 0 unspecified atom stereocenters. The van der Waals surface area contributed by atoms with E-state index in [0.29, 0.717) is 35.1 Å². The van der Waals surface area contributed by atoms with Crippen LogP contribution in [0.1, 0.15) is 24.0 Å². The zero-order chi connectivity index (χ0) is 25.5. The predicted molar refractivity (Wildman–Crippen MR) is 148 cm³/mol. The van der Waals surface area contributed by atoms with E-state index in [1.165, 1.54) is 5.56 Å². The van der Waals surface area contributed by atoms with Gasteiger partial charge in [0.1, 0.15) is 0 Å². The molecule has 1 aliphatic heterocycles. The summed E-state index contributed by atoms with van der Waals surface area (Å²) >= 11 is 12.5. The van der Waals surface area contributed by atoms with Gasteiger partial charge in [-0.15, -0.1) is 0 Å². The third-order valence-electron chi connectivity index (χ3n) is 6.70. The summed E-state index contributed by atoms with van der Waals surface area (Å²) in [5.74, 6) is 0.150. The van der Waals surface area contributed by atoms with E-state index < -0.39 is 0 Å². The molecule has 1 saturated heterocycles. The first-order chi connectivity index (χ1) is 17.4. The molecule has 4 rings (SSSR count). The first-order valence-corrected chi connectivity index (χ1v) is 13.0. The van der Waals surface area contributed by atoms with Crippen LogP contribution in [0.15, 0.2) is 72.8 Å². The molecule has 1 aliphatic rings. The van der Waals surface area contributed by atoms with Crippen molar-refractivity contribution in [3.63, 3.8) is 0 Å². The highest BCUT2D eigenvalue weighted by Crippen LogP contribution is 2.26. The monoisotopic (exact) mass is 523 g/mol. The number of hydrogen-bond donors (Lipinski definition) is 0. The summed E-state index contributed by atoms with van der Waals surface area (Å²) in [6, 6.07) is 23.6. The van der Waals surface area contributed by atoms with Crippen molar-refractivity contribution >= 4 is 46.4 Å². The van der Waals surface area contributed by atoms with E-state index in [1.54, 1.807) is 23.1 Å². The number of anilines is 2. The van der Waals surface area contributed by atoms with Gasteiger partial charge in [0.05, 0.1) is 6.42 Å². The molecule has 3 aromatic carbocycles. The minimum Gasteiger partial charge on any atom is -0.368 e. The third-order valence-corrected chi connectivity index (χ3v) is 7.41. The molecule has 5 nitrogen and oxygen atoms in total. The average molecular weight is 524 g/mol. The van der Waals surface area contributed by atoms with Gasteiger partial charge in [0.15, 0.2) is 0 Å². The quantitative estimate of drug-likeness (QED) is 0.370. The number of benzene rings is 3. The van der Waals surface area contributed by atoms with Crippen LogP contribution in [0.3, 0.4) is 0 Å². The molecule has 0 N–H and O–H groups in total. The summed E-state index contributed by atoms with van der Waals surface area (Å²) in [4.78, 5) is 31.3. The maximum absolute atomic E-state index is 12.8. The lowest BCUT2D eigenvalue weighted by Gasteiger charge is -2.36. The fourth-order valence-corrected chi connectivity index (χ4v) is 5.00. The van der Waals surface area contributed by atoms with Gasteiger partial charge in [-0.1, -0.05) is 59.6 Å². The number of amides is 2. The molecule has 0 bridgehead atoms. The SMILES string of the molecule is CN(C(=O)CCCc1ccccc1)c1ccc(N2CCN(C(=O)Cc3c(Cl)cccc3Cl)CC2)cc1. The fourth-order valence-electron chi connectivity index (χ4n) is 4.47. The smallest absolute Gasteiger partial charge is 0.227 e. The van der Waals surface area contributed by atoms with Crippen LogP contribution in [0.25, 0.3) is 0 Å². The number of halogens is 2. The molecule has 188 valence electrons. The molecule has 1 fully saturated rings. The third kappa shape index (κ3) is 6.59. The Labute approximate surface area is 223 Å². The Hall–Kier alpha value is -3.02. The fraction of sp³-hybridized carbons (Fsp3) is 0.310. The molecule has 36 heavy (non-hydrogen) atoms. The van der Waals surface area contributed by atoms with Crippen molar-refractivity contribution in [2.24, 2.45) is 0 Å². The minimum absolute atomic E-state index is 0.0346. The summed E-state index contributed by atoms with van der Waals surface area (Å²) in [5, 5.41) is 1.04. The lowest BCUT2D eigenvalue weighted by Crippen LogP contribution is -2.49. The Morgan fingerprint density at radius 1 is 0.833 bits per heavy atom. The van der Waals surface area contributed by atoms with Gasteiger partial charge in [0.2, 0.25) is 11.8 Å². The van der Waals surface area contributed by atoms with Gasteiger partial charge in [0, 0.05) is 61.1 Å². The molecular formula is C29H31Cl2N3O2. The molecule has 0 radical (unpaired) electrons. The molecule has 2 amide bonds. The van der Waals surface area contributed by atoms with Gasteiger partial charge in [-0.25, -0.2) is 0 Å². The second-order valence-corrected chi connectivity index (χ2v) is 9.87. The van der Waals surface area contributed by atoms with E-state index in [1.807, 2.05) is 54.4 Å². The van der Waals surface area contributed by atoms with Gasteiger partial charge in [-0.05, 0) is 60.4 Å². The Kier molecular flexibility index (Phi) is 8.89. The van der Waals surface area contributed by atoms with E-state index in [2.05, 4.69) is 17.0 Å². The Balaban J connectivity index is 1.25. The zero-order valence-electron chi connectivity index (χ0n) is 20.5. The second-order valence-electron chi connectivity index (χ2n) is 9.05. The number of nitrogens with zero attached hydrogens (tertiary/aromatic N) is 3. The first-order valence-electron chi connectivity index (χ1n) is 12.3. The number of rotatable bonds is 8. The van der Waals surface area contributed by atoms with Crippen LogP contribution >= 0.6 is 23.2 Å². The topological polar surface area (TPSA) is 43.9 Å². The minimum atomic E-state index is 0.0346. The summed E-state index contributed by atoms with van der Waals surface area (Å²) < 4.78 is 0. The first kappa shape index (κ1) is 26.1. The summed E-state index contributed by atoms with van der Waals surface area (Å²) in [6.45, 7) is 2.77. The number of carbonyl (C=O) groups excluding carboxylic acids is 2. The van der Waals surface area contributed by atoms with Crippen molar-refractivity contribution in [1.82, 2.24) is 4.90 Å². The van der Waals surface area contributed by atoms with E-state index in [4.69, 9.17) is 23.2 Å². The normalized spacial score (nSPS) is 13.5. The van der Waals surface area contributed by atoms with Gasteiger partial charge >= 0.3 is 0 Å². The van der Waals surface area contributed by atoms with Crippen LogP contribution in [0, 0.1) is 0 Å². The molecule has 0 aliphatic carbocycles. The van der Waals surface area contributed by atoms with Crippen LogP contribution in [0.4, 0.5) is 11.4 Å². The summed E-state index contributed by atoms with van der Waals surface area (Å²) in [6.07, 6.45) is 2.46. The number of aryl methyl sites for hydroxylation is 1. The van der Waals surface area contributed by atoms with Gasteiger partial charge in [-0.3, -0.25) is 9.59 Å². The van der Waals surface area contributed by atoms with Gasteiger partial charge < -0.3 is 14.7 Å². The largest absolute Gasteiger partial charge is 0.368 e. The summed E-state index contributed by atoms with van der Waals surface area (Å²) in [5.41, 5.74) is 3.91. The number of piperazine rings is 1. The standard InChI is InChI=1S/C29H31Cl2N3O2/c1-32(28(35)12-5-9-22-7-3-2-4-8-22)23-13-15-24(16-14-23)33-17-19-34(20-18-33)29(36)21-25-26(30)10-6-11-27(25)31/h2-4,6-8,10-11,13-16H,5,9,12,17-21H2,1H3. The number of hydrogen-bond acceptors (Lipinski definition) is 3. The van der Waals surface area contributed by atoms with Crippen LogP contribution < -0.4 is 9.80 Å². The van der Waals surface area contributed by atoms with Gasteiger partial charge in [-0.2, -0.15) is 0 Å². The maximum atomic E-state index is 12.8. The van der Waals surface area contributed by atoms with E-state index in [9.17, 15) is 9.59 Å². The zero-order valence-corrected chi connectivity index (χ0v) is 22.0. The van der Waals surface area contributed by atoms with Gasteiger partial charge in [0.25, 0.3) is 0 Å². The van der Waals surface area contributed by atoms with Crippen molar-refractivity contribution in [3.05, 3.63) is 94.0 Å². The maximum Gasteiger partial charge on any atom is 0.227 e. The van der Waals surface area contributed by atoms with E-state index in [0.717, 1.165) is 37.3 Å².